The van der Waals surface area contributed by atoms with E-state index in [1.165, 1.54) is 11.3 Å². The molecule has 3 rings (SSSR count). The van der Waals surface area contributed by atoms with Crippen molar-refractivity contribution < 1.29 is 8.42 Å². The van der Waals surface area contributed by atoms with Gasteiger partial charge in [-0.15, -0.1) is 11.3 Å². The summed E-state index contributed by atoms with van der Waals surface area (Å²) < 4.78 is 29.0. The van der Waals surface area contributed by atoms with Crippen molar-refractivity contribution in [2.45, 2.75) is 11.1 Å². The fourth-order valence-corrected chi connectivity index (χ4v) is 3.88. The van der Waals surface area contributed by atoms with Gasteiger partial charge in [-0.25, -0.2) is 13.4 Å². The van der Waals surface area contributed by atoms with E-state index in [2.05, 4.69) is 9.71 Å². The van der Waals surface area contributed by atoms with Crippen LogP contribution in [-0.2, 0) is 10.0 Å². The topological polar surface area (TPSA) is 63.5 Å². The van der Waals surface area contributed by atoms with Crippen LogP contribution in [0.4, 0.5) is 5.69 Å². The summed E-state index contributed by atoms with van der Waals surface area (Å²) >= 11 is 1.18. The molecule has 0 radical (unpaired) electrons. The van der Waals surface area contributed by atoms with Gasteiger partial charge < -0.3 is 4.40 Å². The first kappa shape index (κ1) is 12.2. The SMILES string of the molecule is Cc1cn2cccc(NS(=O)(=O)c3cccs3)c2n1. The second kappa shape index (κ2) is 4.36. The van der Waals surface area contributed by atoms with Crippen molar-refractivity contribution >= 4 is 32.7 Å². The van der Waals surface area contributed by atoms with E-state index in [0.717, 1.165) is 5.69 Å². The van der Waals surface area contributed by atoms with Crippen molar-refractivity contribution in [1.82, 2.24) is 9.38 Å². The van der Waals surface area contributed by atoms with Crippen molar-refractivity contribution in [3.05, 3.63) is 47.7 Å². The maximum absolute atomic E-state index is 12.2. The summed E-state index contributed by atoms with van der Waals surface area (Å²) in [4.78, 5) is 4.32. The lowest BCUT2D eigenvalue weighted by Gasteiger charge is -2.07. The van der Waals surface area contributed by atoms with Crippen LogP contribution in [0.25, 0.3) is 5.65 Å². The van der Waals surface area contributed by atoms with Crippen LogP contribution in [0.15, 0.2) is 46.2 Å². The number of rotatable bonds is 3. The highest BCUT2D eigenvalue weighted by Crippen LogP contribution is 2.23. The molecule has 0 aromatic carbocycles. The first-order valence-electron chi connectivity index (χ1n) is 5.57. The number of anilines is 1. The molecule has 7 heteroatoms. The highest BCUT2D eigenvalue weighted by atomic mass is 32.2. The third kappa shape index (κ3) is 2.22. The van der Waals surface area contributed by atoms with Crippen molar-refractivity contribution in [2.75, 3.05) is 4.72 Å². The van der Waals surface area contributed by atoms with Crippen LogP contribution in [0.1, 0.15) is 5.69 Å². The van der Waals surface area contributed by atoms with Crippen LogP contribution in [-0.4, -0.2) is 17.8 Å². The molecule has 98 valence electrons. The van der Waals surface area contributed by atoms with Crippen LogP contribution < -0.4 is 4.72 Å². The third-order valence-corrected chi connectivity index (χ3v) is 5.37. The molecular formula is C12H11N3O2S2. The zero-order valence-electron chi connectivity index (χ0n) is 10.1. The molecule has 0 aliphatic heterocycles. The highest BCUT2D eigenvalue weighted by molar-refractivity contribution is 7.94. The predicted molar refractivity (Wildman–Crippen MR) is 75.1 cm³/mol. The summed E-state index contributed by atoms with van der Waals surface area (Å²) in [7, 11) is -3.54. The molecule has 0 aliphatic carbocycles. The van der Waals surface area contributed by atoms with Gasteiger partial charge in [0.2, 0.25) is 0 Å². The average Bonchev–Trinajstić information content (AvgIpc) is 2.96. The molecule has 0 spiro atoms. The minimum Gasteiger partial charge on any atom is -0.305 e. The molecule has 0 saturated heterocycles. The molecule has 0 saturated carbocycles. The molecule has 19 heavy (non-hydrogen) atoms. The number of imidazole rings is 1. The van der Waals surface area contributed by atoms with Gasteiger partial charge in [-0.2, -0.15) is 0 Å². The van der Waals surface area contributed by atoms with Crippen LogP contribution in [0.3, 0.4) is 0 Å². The largest absolute Gasteiger partial charge is 0.305 e. The van der Waals surface area contributed by atoms with E-state index in [4.69, 9.17) is 0 Å². The summed E-state index contributed by atoms with van der Waals surface area (Å²) in [6.45, 7) is 1.87. The van der Waals surface area contributed by atoms with Crippen molar-refractivity contribution in [3.8, 4) is 0 Å². The van der Waals surface area contributed by atoms with E-state index < -0.39 is 10.0 Å². The summed E-state index contributed by atoms with van der Waals surface area (Å²) in [5.74, 6) is 0. The van der Waals surface area contributed by atoms with Crippen LogP contribution in [0.5, 0.6) is 0 Å². The molecule has 3 aromatic rings. The van der Waals surface area contributed by atoms with Gasteiger partial charge >= 0.3 is 0 Å². The quantitative estimate of drug-likeness (QED) is 0.807. The smallest absolute Gasteiger partial charge is 0.271 e. The standard InChI is InChI=1S/C12H11N3O2S2/c1-9-8-15-6-2-4-10(12(15)13-9)14-19(16,17)11-5-3-7-18-11/h2-8,14H,1H3. The lowest BCUT2D eigenvalue weighted by atomic mass is 10.4. The lowest BCUT2D eigenvalue weighted by Crippen LogP contribution is -2.12. The molecule has 0 bridgehead atoms. The molecule has 3 aromatic heterocycles. The molecule has 1 N–H and O–H groups in total. The monoisotopic (exact) mass is 293 g/mol. The van der Waals surface area contributed by atoms with Crippen molar-refractivity contribution in [3.63, 3.8) is 0 Å². The van der Waals surface area contributed by atoms with Gasteiger partial charge in [0.05, 0.1) is 11.4 Å². The number of pyridine rings is 1. The fraction of sp³-hybridized carbons (Fsp3) is 0.0833. The van der Waals surface area contributed by atoms with Crippen LogP contribution in [0, 0.1) is 6.92 Å². The molecule has 5 nitrogen and oxygen atoms in total. The maximum atomic E-state index is 12.2. The number of sulfonamides is 1. The van der Waals surface area contributed by atoms with Gasteiger partial charge in [0, 0.05) is 12.4 Å². The Kier molecular flexibility index (Phi) is 2.79. The number of nitrogens with one attached hydrogen (secondary N) is 1. The van der Waals surface area contributed by atoms with Gasteiger partial charge in [0.1, 0.15) is 4.21 Å². The number of aryl methyl sites for hydroxylation is 1. The van der Waals surface area contributed by atoms with Gasteiger partial charge in [-0.05, 0) is 30.5 Å². The second-order valence-electron chi connectivity index (χ2n) is 4.07. The van der Waals surface area contributed by atoms with Crippen LogP contribution >= 0.6 is 11.3 Å². The number of hydrogen-bond acceptors (Lipinski definition) is 4. The first-order chi connectivity index (χ1) is 9.06. The second-order valence-corrected chi connectivity index (χ2v) is 6.93. The number of aromatic nitrogens is 2. The highest BCUT2D eigenvalue weighted by Gasteiger charge is 2.17. The average molecular weight is 293 g/mol. The van der Waals surface area contributed by atoms with Gasteiger partial charge in [-0.3, -0.25) is 4.72 Å². The molecule has 0 atom stereocenters. The Balaban J connectivity index is 2.07. The zero-order valence-corrected chi connectivity index (χ0v) is 11.7. The summed E-state index contributed by atoms with van der Waals surface area (Å²) in [6.07, 6.45) is 3.68. The van der Waals surface area contributed by atoms with E-state index in [1.54, 1.807) is 34.0 Å². The normalized spacial score (nSPS) is 11.8. The Morgan fingerprint density at radius 2 is 2.16 bits per heavy atom. The minimum atomic E-state index is -3.54. The number of hydrogen-bond donors (Lipinski definition) is 1. The number of fused-ring (bicyclic) bond motifs is 1. The Labute approximate surface area is 114 Å². The number of nitrogens with zero attached hydrogens (tertiary/aromatic N) is 2. The zero-order chi connectivity index (χ0) is 13.5. The molecular weight excluding hydrogens is 282 g/mol. The van der Waals surface area contributed by atoms with Crippen molar-refractivity contribution in [1.29, 1.82) is 0 Å². The fourth-order valence-electron chi connectivity index (χ4n) is 1.83. The summed E-state index contributed by atoms with van der Waals surface area (Å²) in [5.41, 5.74) is 1.91. The predicted octanol–water partition coefficient (Wildman–Crippen LogP) is 2.51. The van der Waals surface area contributed by atoms with Crippen molar-refractivity contribution in [2.24, 2.45) is 0 Å². The minimum absolute atomic E-state index is 0.290. The van der Waals surface area contributed by atoms with Crippen LogP contribution in [0.2, 0.25) is 0 Å². The molecule has 3 heterocycles. The molecule has 0 unspecified atom stereocenters. The third-order valence-electron chi connectivity index (χ3n) is 2.61. The number of thiophene rings is 1. The molecule has 0 amide bonds. The van der Waals surface area contributed by atoms with E-state index in [1.807, 2.05) is 19.3 Å². The summed E-state index contributed by atoms with van der Waals surface area (Å²) in [5, 5.41) is 1.73. The van der Waals surface area contributed by atoms with E-state index in [0.29, 0.717) is 11.3 Å². The van der Waals surface area contributed by atoms with E-state index in [9.17, 15) is 8.42 Å². The Hall–Kier alpha value is -1.86. The molecule has 0 aliphatic rings. The lowest BCUT2D eigenvalue weighted by molar-refractivity contribution is 0.603. The van der Waals surface area contributed by atoms with Gasteiger partial charge in [0.25, 0.3) is 10.0 Å². The van der Waals surface area contributed by atoms with Gasteiger partial charge in [0.15, 0.2) is 5.65 Å². The molecule has 0 fully saturated rings. The van der Waals surface area contributed by atoms with E-state index in [-0.39, 0.29) is 4.21 Å². The Morgan fingerprint density at radius 3 is 2.89 bits per heavy atom. The first-order valence-corrected chi connectivity index (χ1v) is 7.93. The summed E-state index contributed by atoms with van der Waals surface area (Å²) in [6, 6.07) is 6.76. The van der Waals surface area contributed by atoms with E-state index >= 15 is 0 Å². The maximum Gasteiger partial charge on any atom is 0.271 e. The van der Waals surface area contributed by atoms with Gasteiger partial charge in [-0.1, -0.05) is 6.07 Å². The Morgan fingerprint density at radius 1 is 1.32 bits per heavy atom. The Bertz CT molecular complexity index is 820.